The van der Waals surface area contributed by atoms with E-state index in [0.29, 0.717) is 0 Å². The van der Waals surface area contributed by atoms with E-state index in [9.17, 15) is 0 Å². The molecule has 0 spiro atoms. The number of hydrogen-bond acceptors (Lipinski definition) is 3. The largest absolute Gasteiger partial charge is 0.370 e. The van der Waals surface area contributed by atoms with Crippen molar-refractivity contribution in [2.45, 2.75) is 19.9 Å². The highest BCUT2D eigenvalue weighted by atomic mass is 79.9. The Hall–Kier alpha value is -1.36. The quantitative estimate of drug-likeness (QED) is 0.863. The molecule has 0 aliphatic carbocycles. The average Bonchev–Trinajstić information content (AvgIpc) is 2.82. The van der Waals surface area contributed by atoms with Gasteiger partial charge in [-0.3, -0.25) is 0 Å². The van der Waals surface area contributed by atoms with E-state index in [4.69, 9.17) is 0 Å². The van der Waals surface area contributed by atoms with Crippen LogP contribution in [0.1, 0.15) is 12.0 Å². The van der Waals surface area contributed by atoms with Crippen molar-refractivity contribution in [3.8, 4) is 0 Å². The summed E-state index contributed by atoms with van der Waals surface area (Å²) in [5.74, 6) is 0.927. The van der Waals surface area contributed by atoms with Gasteiger partial charge in [-0.05, 0) is 40.9 Å². The van der Waals surface area contributed by atoms with Gasteiger partial charge in [0.05, 0.1) is 6.33 Å². The zero-order valence-electron chi connectivity index (χ0n) is 9.73. The predicted molar refractivity (Wildman–Crippen MR) is 72.0 cm³/mol. The van der Waals surface area contributed by atoms with Crippen LogP contribution >= 0.6 is 15.9 Å². The summed E-state index contributed by atoms with van der Waals surface area (Å²) in [6, 6.07) is 2.04. The van der Waals surface area contributed by atoms with E-state index in [2.05, 4.69) is 42.7 Å². The minimum atomic E-state index is 0.909. The number of halogens is 1. The lowest BCUT2D eigenvalue weighted by Gasteiger charge is -2.07. The second-order valence-electron chi connectivity index (χ2n) is 3.90. The maximum Gasteiger partial charge on any atom is 0.126 e. The molecule has 0 unspecified atom stereocenters. The number of nitrogens with one attached hydrogen (secondary N) is 1. The Bertz CT molecular complexity index is 467. The summed E-state index contributed by atoms with van der Waals surface area (Å²) in [5.41, 5.74) is 1.19. The lowest BCUT2D eigenvalue weighted by atomic mass is 10.3. The van der Waals surface area contributed by atoms with Crippen LogP contribution in [-0.2, 0) is 6.54 Å². The predicted octanol–water partition coefficient (Wildman–Crippen LogP) is 2.85. The molecule has 0 amide bonds. The number of nitrogens with zero attached hydrogens (tertiary/aromatic N) is 3. The molecule has 0 fully saturated rings. The first-order valence-corrected chi connectivity index (χ1v) is 6.37. The summed E-state index contributed by atoms with van der Waals surface area (Å²) >= 11 is 3.44. The van der Waals surface area contributed by atoms with E-state index >= 15 is 0 Å². The molecule has 17 heavy (non-hydrogen) atoms. The maximum atomic E-state index is 4.30. The van der Waals surface area contributed by atoms with Gasteiger partial charge in [0.2, 0.25) is 0 Å². The van der Waals surface area contributed by atoms with Crippen molar-refractivity contribution in [3.63, 3.8) is 0 Å². The van der Waals surface area contributed by atoms with Crippen LogP contribution in [0.15, 0.2) is 35.5 Å². The highest BCUT2D eigenvalue weighted by molar-refractivity contribution is 9.10. The number of anilines is 1. The van der Waals surface area contributed by atoms with Gasteiger partial charge in [0.1, 0.15) is 5.82 Å². The topological polar surface area (TPSA) is 42.7 Å². The number of hydrogen-bond donors (Lipinski definition) is 1. The van der Waals surface area contributed by atoms with Crippen molar-refractivity contribution in [2.75, 3.05) is 11.9 Å². The van der Waals surface area contributed by atoms with E-state index in [0.717, 1.165) is 29.8 Å². The van der Waals surface area contributed by atoms with E-state index in [-0.39, 0.29) is 0 Å². The fourth-order valence-electron chi connectivity index (χ4n) is 1.53. The molecule has 0 aliphatic rings. The SMILES string of the molecule is Cc1cc(NCCCn2ccnc2)ncc1Br. The molecule has 0 saturated heterocycles. The molecule has 0 aromatic carbocycles. The highest BCUT2D eigenvalue weighted by Crippen LogP contribution is 2.16. The molecule has 2 aromatic heterocycles. The zero-order valence-corrected chi connectivity index (χ0v) is 11.3. The number of pyridine rings is 1. The van der Waals surface area contributed by atoms with Gasteiger partial charge < -0.3 is 9.88 Å². The third-order valence-electron chi connectivity index (χ3n) is 2.51. The second kappa shape index (κ2) is 5.82. The molecule has 2 aromatic rings. The van der Waals surface area contributed by atoms with Crippen LogP contribution < -0.4 is 5.32 Å². The van der Waals surface area contributed by atoms with E-state index in [1.54, 1.807) is 6.20 Å². The third-order valence-corrected chi connectivity index (χ3v) is 3.34. The fourth-order valence-corrected chi connectivity index (χ4v) is 1.75. The molecule has 90 valence electrons. The van der Waals surface area contributed by atoms with E-state index in [1.165, 1.54) is 5.56 Å². The van der Waals surface area contributed by atoms with Gasteiger partial charge in [-0.25, -0.2) is 9.97 Å². The number of rotatable bonds is 5. The van der Waals surface area contributed by atoms with Crippen molar-refractivity contribution >= 4 is 21.7 Å². The van der Waals surface area contributed by atoms with Gasteiger partial charge in [-0.2, -0.15) is 0 Å². The summed E-state index contributed by atoms with van der Waals surface area (Å²) < 4.78 is 3.11. The van der Waals surface area contributed by atoms with E-state index < -0.39 is 0 Å². The van der Waals surface area contributed by atoms with Gasteiger partial charge >= 0.3 is 0 Å². The monoisotopic (exact) mass is 294 g/mol. The number of imidazole rings is 1. The minimum Gasteiger partial charge on any atom is -0.370 e. The first-order valence-electron chi connectivity index (χ1n) is 5.57. The molecule has 0 saturated carbocycles. The molecule has 2 heterocycles. The van der Waals surface area contributed by atoms with Crippen LogP contribution in [0, 0.1) is 6.92 Å². The van der Waals surface area contributed by atoms with Crippen LogP contribution in [-0.4, -0.2) is 21.1 Å². The first-order chi connectivity index (χ1) is 8.25. The summed E-state index contributed by atoms with van der Waals surface area (Å²) in [6.45, 7) is 3.94. The van der Waals surface area contributed by atoms with Crippen molar-refractivity contribution in [1.82, 2.24) is 14.5 Å². The summed E-state index contributed by atoms with van der Waals surface area (Å²) in [5, 5.41) is 3.31. The van der Waals surface area contributed by atoms with Crippen LogP contribution in [0.4, 0.5) is 5.82 Å². The molecule has 0 radical (unpaired) electrons. The normalized spacial score (nSPS) is 10.5. The lowest BCUT2D eigenvalue weighted by Crippen LogP contribution is -2.07. The molecule has 2 rings (SSSR count). The van der Waals surface area contributed by atoms with Crippen molar-refractivity contribution in [1.29, 1.82) is 0 Å². The molecule has 0 aliphatic heterocycles. The molecule has 1 N–H and O–H groups in total. The molecule has 4 nitrogen and oxygen atoms in total. The number of aromatic nitrogens is 3. The Kier molecular flexibility index (Phi) is 4.14. The van der Waals surface area contributed by atoms with Gasteiger partial charge in [-0.15, -0.1) is 0 Å². The van der Waals surface area contributed by atoms with Gasteiger partial charge in [-0.1, -0.05) is 0 Å². The van der Waals surface area contributed by atoms with Crippen LogP contribution in [0.25, 0.3) is 0 Å². The Labute approximate surface area is 109 Å². The Morgan fingerprint density at radius 1 is 1.47 bits per heavy atom. The fraction of sp³-hybridized carbons (Fsp3) is 0.333. The van der Waals surface area contributed by atoms with Crippen molar-refractivity contribution in [3.05, 3.63) is 41.0 Å². The van der Waals surface area contributed by atoms with Gasteiger partial charge in [0.25, 0.3) is 0 Å². The Balaban J connectivity index is 1.76. The summed E-state index contributed by atoms with van der Waals surface area (Å²) in [6.07, 6.45) is 8.48. The van der Waals surface area contributed by atoms with Crippen LogP contribution in [0.5, 0.6) is 0 Å². The van der Waals surface area contributed by atoms with Crippen LogP contribution in [0.3, 0.4) is 0 Å². The average molecular weight is 295 g/mol. The molecular weight excluding hydrogens is 280 g/mol. The van der Waals surface area contributed by atoms with Crippen molar-refractivity contribution < 1.29 is 0 Å². The smallest absolute Gasteiger partial charge is 0.126 e. The van der Waals surface area contributed by atoms with Gasteiger partial charge in [0.15, 0.2) is 0 Å². The lowest BCUT2D eigenvalue weighted by molar-refractivity contribution is 0.660. The van der Waals surface area contributed by atoms with E-state index in [1.807, 2.05) is 24.8 Å². The van der Waals surface area contributed by atoms with Crippen molar-refractivity contribution in [2.24, 2.45) is 0 Å². The summed E-state index contributed by atoms with van der Waals surface area (Å²) in [7, 11) is 0. The minimum absolute atomic E-state index is 0.909. The Morgan fingerprint density at radius 2 is 2.35 bits per heavy atom. The summed E-state index contributed by atoms with van der Waals surface area (Å²) in [4.78, 5) is 8.30. The first kappa shape index (κ1) is 12.1. The number of aryl methyl sites for hydroxylation is 2. The Morgan fingerprint density at radius 3 is 3.06 bits per heavy atom. The zero-order chi connectivity index (χ0) is 12.1. The van der Waals surface area contributed by atoms with Crippen LogP contribution in [0.2, 0.25) is 0 Å². The second-order valence-corrected chi connectivity index (χ2v) is 4.75. The third kappa shape index (κ3) is 3.56. The standard InChI is InChI=1S/C12H15BrN4/c1-10-7-12(16-8-11(10)13)15-3-2-5-17-6-4-14-9-17/h4,6-9H,2-3,5H2,1H3,(H,15,16). The molecule has 5 heteroatoms. The maximum absolute atomic E-state index is 4.30. The molecule has 0 bridgehead atoms. The molecule has 0 atom stereocenters. The highest BCUT2D eigenvalue weighted by Gasteiger charge is 1.98. The van der Waals surface area contributed by atoms with Gasteiger partial charge in [0, 0.05) is 36.2 Å². The molecular formula is C12H15BrN4.